The van der Waals surface area contributed by atoms with Gasteiger partial charge in [0.15, 0.2) is 0 Å². The van der Waals surface area contributed by atoms with Crippen molar-refractivity contribution in [1.29, 1.82) is 0 Å². The number of carbonyl (C=O) groups excluding carboxylic acids is 1. The van der Waals surface area contributed by atoms with Gasteiger partial charge in [0, 0.05) is 25.6 Å². The fraction of sp³-hybridized carbons (Fsp3) is 0.350. The highest BCUT2D eigenvalue weighted by atomic mass is 35.5. The van der Waals surface area contributed by atoms with Crippen LogP contribution < -0.4 is 5.32 Å². The highest BCUT2D eigenvalue weighted by Gasteiger charge is 2.30. The van der Waals surface area contributed by atoms with E-state index in [9.17, 15) is 13.6 Å². The lowest BCUT2D eigenvalue weighted by Gasteiger charge is -2.38. The number of carbonyl (C=O) groups is 1. The molecule has 0 bridgehead atoms. The average Bonchev–Trinajstić information content (AvgIpc) is 2.61. The third-order valence-corrected chi connectivity index (χ3v) is 4.61. The number of amides is 1. The smallest absolute Gasteiger partial charge is 0.226 e. The zero-order chi connectivity index (χ0) is 17.8. The zero-order valence-corrected chi connectivity index (χ0v) is 15.4. The van der Waals surface area contributed by atoms with Crippen molar-refractivity contribution in [3.63, 3.8) is 0 Å². The van der Waals surface area contributed by atoms with E-state index in [2.05, 4.69) is 5.32 Å². The zero-order valence-electron chi connectivity index (χ0n) is 14.6. The van der Waals surface area contributed by atoms with E-state index < -0.39 is 0 Å². The Bertz CT molecular complexity index is 756. The molecule has 1 aliphatic heterocycles. The second-order valence-corrected chi connectivity index (χ2v) is 6.54. The lowest BCUT2D eigenvalue weighted by atomic mass is 9.96. The van der Waals surface area contributed by atoms with Crippen molar-refractivity contribution in [2.75, 3.05) is 19.6 Å². The van der Waals surface area contributed by atoms with Gasteiger partial charge in [-0.25, -0.2) is 8.78 Å². The summed E-state index contributed by atoms with van der Waals surface area (Å²) in [4.78, 5) is 14.8. The van der Waals surface area contributed by atoms with Gasteiger partial charge in [0.25, 0.3) is 0 Å². The lowest BCUT2D eigenvalue weighted by Crippen LogP contribution is -2.50. The third kappa shape index (κ3) is 4.80. The Kier molecular flexibility index (Phi) is 7.12. The fourth-order valence-corrected chi connectivity index (χ4v) is 3.37. The first kappa shape index (κ1) is 20.3. The SMILES string of the molecule is CC(Cc1cccc(F)c1)C(=O)N1CCNCC1c1cccc(F)c1.Cl. The maximum absolute atomic E-state index is 13.6. The molecule has 2 aromatic rings. The number of rotatable bonds is 4. The fourth-order valence-electron chi connectivity index (χ4n) is 3.37. The third-order valence-electron chi connectivity index (χ3n) is 4.61. The van der Waals surface area contributed by atoms with E-state index in [4.69, 9.17) is 0 Å². The van der Waals surface area contributed by atoms with Crippen molar-refractivity contribution < 1.29 is 13.6 Å². The van der Waals surface area contributed by atoms with E-state index >= 15 is 0 Å². The normalized spacial score (nSPS) is 18.1. The Hall–Kier alpha value is -1.98. The second kappa shape index (κ2) is 9.10. The van der Waals surface area contributed by atoms with Crippen LogP contribution in [0.2, 0.25) is 0 Å². The molecule has 3 rings (SSSR count). The molecule has 6 heteroatoms. The molecule has 0 saturated carbocycles. The number of hydrogen-bond acceptors (Lipinski definition) is 2. The number of nitrogens with zero attached hydrogens (tertiary/aromatic N) is 1. The topological polar surface area (TPSA) is 32.3 Å². The quantitative estimate of drug-likeness (QED) is 0.876. The van der Waals surface area contributed by atoms with Gasteiger partial charge in [0.05, 0.1) is 6.04 Å². The number of nitrogens with one attached hydrogen (secondary N) is 1. The molecule has 0 radical (unpaired) electrons. The van der Waals surface area contributed by atoms with Crippen LogP contribution in [0.25, 0.3) is 0 Å². The Morgan fingerprint density at radius 2 is 1.88 bits per heavy atom. The van der Waals surface area contributed by atoms with Crippen LogP contribution in [-0.2, 0) is 11.2 Å². The van der Waals surface area contributed by atoms with Gasteiger partial charge in [-0.15, -0.1) is 12.4 Å². The van der Waals surface area contributed by atoms with E-state index in [1.165, 1.54) is 24.3 Å². The van der Waals surface area contributed by atoms with Crippen molar-refractivity contribution in [1.82, 2.24) is 10.2 Å². The largest absolute Gasteiger partial charge is 0.333 e. The predicted octanol–water partition coefficient (Wildman–Crippen LogP) is 3.74. The Morgan fingerprint density at radius 1 is 1.19 bits per heavy atom. The minimum Gasteiger partial charge on any atom is -0.333 e. The summed E-state index contributed by atoms with van der Waals surface area (Å²) in [6.07, 6.45) is 0.483. The van der Waals surface area contributed by atoms with Crippen LogP contribution in [0.1, 0.15) is 24.1 Å². The first-order valence-corrected chi connectivity index (χ1v) is 8.55. The number of benzene rings is 2. The summed E-state index contributed by atoms with van der Waals surface area (Å²) >= 11 is 0. The van der Waals surface area contributed by atoms with Crippen LogP contribution in [0.5, 0.6) is 0 Å². The van der Waals surface area contributed by atoms with Crippen LogP contribution >= 0.6 is 12.4 Å². The molecule has 1 N–H and O–H groups in total. The van der Waals surface area contributed by atoms with Crippen LogP contribution in [0.3, 0.4) is 0 Å². The van der Waals surface area contributed by atoms with Crippen LogP contribution in [0.15, 0.2) is 48.5 Å². The second-order valence-electron chi connectivity index (χ2n) is 6.54. The summed E-state index contributed by atoms with van der Waals surface area (Å²) in [5.74, 6) is -0.851. The average molecular weight is 381 g/mol. The summed E-state index contributed by atoms with van der Waals surface area (Å²) in [6, 6.07) is 12.5. The van der Waals surface area contributed by atoms with Crippen LogP contribution in [-0.4, -0.2) is 30.4 Å². The molecule has 2 aromatic carbocycles. The van der Waals surface area contributed by atoms with E-state index in [0.717, 1.165) is 11.1 Å². The van der Waals surface area contributed by atoms with Gasteiger partial charge in [-0.2, -0.15) is 0 Å². The van der Waals surface area contributed by atoms with Gasteiger partial charge in [-0.3, -0.25) is 4.79 Å². The summed E-state index contributed by atoms with van der Waals surface area (Å²) in [6.45, 7) is 3.75. The molecule has 2 atom stereocenters. The van der Waals surface area contributed by atoms with Crippen molar-refractivity contribution >= 4 is 18.3 Å². The molecule has 26 heavy (non-hydrogen) atoms. The molecule has 0 aromatic heterocycles. The summed E-state index contributed by atoms with van der Waals surface area (Å²) in [5, 5.41) is 3.27. The highest BCUT2D eigenvalue weighted by molar-refractivity contribution is 5.85. The maximum Gasteiger partial charge on any atom is 0.226 e. The molecular formula is C20H23ClF2N2O. The van der Waals surface area contributed by atoms with Crippen molar-refractivity contribution in [2.45, 2.75) is 19.4 Å². The van der Waals surface area contributed by atoms with E-state index in [0.29, 0.717) is 26.1 Å². The maximum atomic E-state index is 13.6. The van der Waals surface area contributed by atoms with E-state index in [1.807, 2.05) is 24.0 Å². The van der Waals surface area contributed by atoms with Crippen LogP contribution in [0, 0.1) is 17.6 Å². The van der Waals surface area contributed by atoms with Gasteiger partial charge in [-0.05, 0) is 41.8 Å². The van der Waals surface area contributed by atoms with Crippen molar-refractivity contribution in [3.05, 3.63) is 71.3 Å². The molecule has 1 saturated heterocycles. The molecule has 3 nitrogen and oxygen atoms in total. The van der Waals surface area contributed by atoms with Crippen LogP contribution in [0.4, 0.5) is 8.78 Å². The van der Waals surface area contributed by atoms with Gasteiger partial charge < -0.3 is 10.2 Å². The van der Waals surface area contributed by atoms with Gasteiger partial charge >= 0.3 is 0 Å². The minimum atomic E-state index is -0.303. The number of halogens is 3. The first-order valence-electron chi connectivity index (χ1n) is 8.55. The summed E-state index contributed by atoms with van der Waals surface area (Å²) in [5.41, 5.74) is 1.59. The van der Waals surface area contributed by atoms with E-state index in [-0.39, 0.29) is 41.9 Å². The molecule has 140 valence electrons. The summed E-state index contributed by atoms with van der Waals surface area (Å²) in [7, 11) is 0. The van der Waals surface area contributed by atoms with Gasteiger partial charge in [0.1, 0.15) is 11.6 Å². The van der Waals surface area contributed by atoms with Crippen molar-refractivity contribution in [3.8, 4) is 0 Å². The lowest BCUT2D eigenvalue weighted by molar-refractivity contribution is -0.138. The standard InChI is InChI=1S/C20H22F2N2O.ClH/c1-14(10-15-4-2-6-17(21)11-15)20(25)24-9-8-23-13-19(24)16-5-3-7-18(22)12-16;/h2-7,11-12,14,19,23H,8-10,13H2,1H3;1H. The molecule has 2 unspecified atom stereocenters. The Labute approximate surface area is 158 Å². The summed E-state index contributed by atoms with van der Waals surface area (Å²) < 4.78 is 26.9. The van der Waals surface area contributed by atoms with Gasteiger partial charge in [0.2, 0.25) is 5.91 Å². The minimum absolute atomic E-state index is 0. The predicted molar refractivity (Wildman–Crippen MR) is 100 cm³/mol. The molecule has 1 aliphatic rings. The van der Waals surface area contributed by atoms with Gasteiger partial charge in [-0.1, -0.05) is 31.2 Å². The van der Waals surface area contributed by atoms with E-state index in [1.54, 1.807) is 12.1 Å². The van der Waals surface area contributed by atoms with Crippen molar-refractivity contribution in [2.24, 2.45) is 5.92 Å². The molecule has 1 fully saturated rings. The molecule has 0 aliphatic carbocycles. The number of hydrogen-bond donors (Lipinski definition) is 1. The molecule has 0 spiro atoms. The molecular weight excluding hydrogens is 358 g/mol. The monoisotopic (exact) mass is 380 g/mol. The highest BCUT2D eigenvalue weighted by Crippen LogP contribution is 2.25. The first-order chi connectivity index (χ1) is 12.0. The number of piperazine rings is 1. The molecule has 1 heterocycles. The molecule has 1 amide bonds. The Balaban J connectivity index is 0.00000243. The Morgan fingerprint density at radius 3 is 2.58 bits per heavy atom.